The molecule has 1 N–H and O–H groups in total. The highest BCUT2D eigenvalue weighted by atomic mass is 15.1. The first kappa shape index (κ1) is 15.4. The van der Waals surface area contributed by atoms with E-state index in [4.69, 9.17) is 4.98 Å². The van der Waals surface area contributed by atoms with Gasteiger partial charge in [0.1, 0.15) is 11.9 Å². The minimum absolute atomic E-state index is 0.606. The van der Waals surface area contributed by atoms with Crippen molar-refractivity contribution in [3.8, 4) is 6.07 Å². The lowest BCUT2D eigenvalue weighted by Gasteiger charge is -2.14. The third-order valence-electron chi connectivity index (χ3n) is 4.94. The fourth-order valence-electron chi connectivity index (χ4n) is 3.66. The molecule has 5 rings (SSSR count). The van der Waals surface area contributed by atoms with Crippen molar-refractivity contribution in [2.75, 3.05) is 5.32 Å². The van der Waals surface area contributed by atoms with E-state index < -0.39 is 0 Å². The van der Waals surface area contributed by atoms with Crippen LogP contribution in [0, 0.1) is 18.3 Å². The first-order chi connectivity index (χ1) is 13.3. The first-order valence-corrected chi connectivity index (χ1v) is 8.82. The number of aromatic nitrogens is 2. The molecule has 0 aliphatic carbocycles. The quantitative estimate of drug-likeness (QED) is 0.454. The van der Waals surface area contributed by atoms with Crippen molar-refractivity contribution in [3.63, 3.8) is 0 Å². The zero-order chi connectivity index (χ0) is 18.4. The van der Waals surface area contributed by atoms with Crippen molar-refractivity contribution in [3.05, 3.63) is 83.9 Å². The summed E-state index contributed by atoms with van der Waals surface area (Å²) < 4.78 is 2.03. The lowest BCUT2D eigenvalue weighted by molar-refractivity contribution is 1.19. The van der Waals surface area contributed by atoms with E-state index in [1.807, 2.05) is 59.9 Å². The first-order valence-electron chi connectivity index (χ1n) is 8.82. The number of anilines is 2. The third kappa shape index (κ3) is 2.33. The van der Waals surface area contributed by atoms with E-state index in [2.05, 4.69) is 35.7 Å². The van der Waals surface area contributed by atoms with Gasteiger partial charge in [0.25, 0.3) is 0 Å². The normalized spacial score (nSPS) is 11.1. The maximum absolute atomic E-state index is 9.64. The lowest BCUT2D eigenvalue weighted by atomic mass is 10.1. The van der Waals surface area contributed by atoms with Crippen LogP contribution in [0.2, 0.25) is 0 Å². The SMILES string of the molecule is Cc1cc(Nc2cccc3ccccc23)n2c(nc3ccccc32)c1C#N. The zero-order valence-electron chi connectivity index (χ0n) is 14.8. The molecule has 27 heavy (non-hydrogen) atoms. The highest BCUT2D eigenvalue weighted by molar-refractivity contribution is 5.96. The monoisotopic (exact) mass is 348 g/mol. The zero-order valence-corrected chi connectivity index (χ0v) is 14.8. The average molecular weight is 348 g/mol. The number of nitrogens with zero attached hydrogens (tertiary/aromatic N) is 3. The van der Waals surface area contributed by atoms with Crippen molar-refractivity contribution >= 4 is 39.0 Å². The van der Waals surface area contributed by atoms with E-state index >= 15 is 0 Å². The molecule has 4 heteroatoms. The standard InChI is InChI=1S/C23H16N4/c1-15-13-22(25-19-11-6-8-16-7-2-3-9-17(16)19)27-21-12-5-4-10-20(21)26-23(27)18(15)14-24/h2-13,25H,1H3. The molecule has 0 amide bonds. The van der Waals surface area contributed by atoms with E-state index in [0.29, 0.717) is 11.2 Å². The van der Waals surface area contributed by atoms with Crippen LogP contribution in [0.4, 0.5) is 11.5 Å². The Morgan fingerprint density at radius 3 is 2.63 bits per heavy atom. The number of nitrogens with one attached hydrogen (secondary N) is 1. The average Bonchev–Trinajstić information content (AvgIpc) is 3.08. The number of aryl methyl sites for hydroxylation is 1. The van der Waals surface area contributed by atoms with Crippen LogP contribution < -0.4 is 5.32 Å². The van der Waals surface area contributed by atoms with Crippen LogP contribution >= 0.6 is 0 Å². The van der Waals surface area contributed by atoms with Gasteiger partial charge in [-0.25, -0.2) is 4.98 Å². The molecule has 0 saturated carbocycles. The number of benzene rings is 3. The fraction of sp³-hybridized carbons (Fsp3) is 0.0435. The number of hydrogen-bond donors (Lipinski definition) is 1. The van der Waals surface area contributed by atoms with Crippen molar-refractivity contribution < 1.29 is 0 Å². The van der Waals surface area contributed by atoms with Crippen molar-refractivity contribution in [2.45, 2.75) is 6.92 Å². The molecule has 0 atom stereocenters. The second-order valence-electron chi connectivity index (χ2n) is 6.61. The molecule has 3 aromatic carbocycles. The van der Waals surface area contributed by atoms with Gasteiger partial charge in [-0.3, -0.25) is 4.40 Å². The molecule has 0 spiro atoms. The number of fused-ring (bicyclic) bond motifs is 4. The van der Waals surface area contributed by atoms with Crippen LogP contribution in [0.1, 0.15) is 11.1 Å². The van der Waals surface area contributed by atoms with E-state index in [-0.39, 0.29) is 0 Å². The second-order valence-corrected chi connectivity index (χ2v) is 6.61. The van der Waals surface area contributed by atoms with E-state index in [1.54, 1.807) is 0 Å². The molecule has 0 saturated heterocycles. The van der Waals surface area contributed by atoms with Crippen LogP contribution in [0.15, 0.2) is 72.8 Å². The van der Waals surface area contributed by atoms with Crippen LogP contribution in [-0.4, -0.2) is 9.38 Å². The summed E-state index contributed by atoms with van der Waals surface area (Å²) in [4.78, 5) is 4.71. The van der Waals surface area contributed by atoms with Gasteiger partial charge in [0.2, 0.25) is 0 Å². The van der Waals surface area contributed by atoms with Crippen LogP contribution in [0.3, 0.4) is 0 Å². The molecular weight excluding hydrogens is 332 g/mol. The minimum Gasteiger partial charge on any atom is -0.341 e. The van der Waals surface area contributed by atoms with E-state index in [9.17, 15) is 5.26 Å². The van der Waals surface area contributed by atoms with Gasteiger partial charge in [-0.1, -0.05) is 48.5 Å². The molecule has 2 heterocycles. The van der Waals surface area contributed by atoms with Gasteiger partial charge in [0.15, 0.2) is 5.65 Å². The Bertz CT molecular complexity index is 1370. The van der Waals surface area contributed by atoms with Gasteiger partial charge in [0.05, 0.1) is 16.6 Å². The van der Waals surface area contributed by atoms with Crippen LogP contribution in [0.25, 0.3) is 27.5 Å². The number of nitriles is 1. The molecule has 2 aromatic heterocycles. The molecule has 4 nitrogen and oxygen atoms in total. The largest absolute Gasteiger partial charge is 0.341 e. The van der Waals surface area contributed by atoms with Gasteiger partial charge in [-0.05, 0) is 42.1 Å². The summed E-state index contributed by atoms with van der Waals surface area (Å²) in [6, 6.07) is 26.8. The number of hydrogen-bond acceptors (Lipinski definition) is 3. The smallest absolute Gasteiger partial charge is 0.157 e. The fourth-order valence-corrected chi connectivity index (χ4v) is 3.66. The van der Waals surface area contributed by atoms with Crippen molar-refractivity contribution in [1.82, 2.24) is 9.38 Å². The molecular formula is C23H16N4. The second kappa shape index (κ2) is 5.86. The number of imidazole rings is 1. The van der Waals surface area contributed by atoms with Crippen molar-refractivity contribution in [1.29, 1.82) is 5.26 Å². The molecule has 0 aliphatic heterocycles. The lowest BCUT2D eigenvalue weighted by Crippen LogP contribution is -2.02. The highest BCUT2D eigenvalue weighted by Crippen LogP contribution is 2.31. The summed E-state index contributed by atoms with van der Waals surface area (Å²) >= 11 is 0. The Morgan fingerprint density at radius 1 is 0.963 bits per heavy atom. The maximum atomic E-state index is 9.64. The summed E-state index contributed by atoms with van der Waals surface area (Å²) in [5, 5.41) is 15.5. The summed E-state index contributed by atoms with van der Waals surface area (Å²) in [7, 11) is 0. The van der Waals surface area contributed by atoms with Gasteiger partial charge < -0.3 is 5.32 Å². The summed E-state index contributed by atoms with van der Waals surface area (Å²) in [6.45, 7) is 1.95. The number of pyridine rings is 1. The number of rotatable bonds is 2. The van der Waals surface area contributed by atoms with Gasteiger partial charge >= 0.3 is 0 Å². The Kier molecular flexibility index (Phi) is 3.34. The molecule has 0 aliphatic rings. The summed E-state index contributed by atoms with van der Waals surface area (Å²) in [5.74, 6) is 0.895. The maximum Gasteiger partial charge on any atom is 0.157 e. The van der Waals surface area contributed by atoms with E-state index in [1.165, 1.54) is 5.39 Å². The predicted molar refractivity (Wildman–Crippen MR) is 109 cm³/mol. The Balaban J connectivity index is 1.82. The van der Waals surface area contributed by atoms with Crippen LogP contribution in [0.5, 0.6) is 0 Å². The molecule has 5 aromatic rings. The van der Waals surface area contributed by atoms with Crippen molar-refractivity contribution in [2.24, 2.45) is 0 Å². The summed E-state index contributed by atoms with van der Waals surface area (Å²) in [5.41, 5.74) is 5.07. The summed E-state index contributed by atoms with van der Waals surface area (Å²) in [6.07, 6.45) is 0. The Labute approximate surface area is 156 Å². The van der Waals surface area contributed by atoms with Gasteiger partial charge in [-0.15, -0.1) is 0 Å². The molecule has 0 bridgehead atoms. The Hall–Kier alpha value is -3.84. The third-order valence-corrected chi connectivity index (χ3v) is 4.94. The van der Waals surface area contributed by atoms with E-state index in [0.717, 1.165) is 33.5 Å². The molecule has 0 unspecified atom stereocenters. The van der Waals surface area contributed by atoms with Gasteiger partial charge in [-0.2, -0.15) is 5.26 Å². The van der Waals surface area contributed by atoms with Gasteiger partial charge in [0, 0.05) is 11.1 Å². The molecule has 0 fully saturated rings. The van der Waals surface area contributed by atoms with Crippen LogP contribution in [-0.2, 0) is 0 Å². The highest BCUT2D eigenvalue weighted by Gasteiger charge is 2.15. The number of para-hydroxylation sites is 2. The minimum atomic E-state index is 0.606. The predicted octanol–water partition coefficient (Wildman–Crippen LogP) is 5.56. The topological polar surface area (TPSA) is 53.1 Å². The molecule has 128 valence electrons. The Morgan fingerprint density at radius 2 is 1.74 bits per heavy atom. The molecule has 0 radical (unpaired) electrons.